The van der Waals surface area contributed by atoms with E-state index in [0.29, 0.717) is 6.07 Å². The summed E-state index contributed by atoms with van der Waals surface area (Å²) in [4.78, 5) is 33.0. The molecular formula is C15H10F2N2O5. The van der Waals surface area contributed by atoms with Crippen molar-refractivity contribution in [2.24, 2.45) is 0 Å². The summed E-state index contributed by atoms with van der Waals surface area (Å²) in [6, 6.07) is 5.44. The van der Waals surface area contributed by atoms with E-state index in [1.165, 1.54) is 13.0 Å². The third-order valence-corrected chi connectivity index (χ3v) is 2.83. The Balaban J connectivity index is 2.35. The summed E-state index contributed by atoms with van der Waals surface area (Å²) in [5.74, 6) is -4.20. The molecule has 7 nitrogen and oxygen atoms in total. The van der Waals surface area contributed by atoms with Crippen LogP contribution in [0.2, 0.25) is 0 Å². The Morgan fingerprint density at radius 1 is 1.17 bits per heavy atom. The normalized spacial score (nSPS) is 10.1. The monoisotopic (exact) mass is 336 g/mol. The summed E-state index contributed by atoms with van der Waals surface area (Å²) in [6.07, 6.45) is 0. The smallest absolute Gasteiger partial charge is 0.346 e. The minimum absolute atomic E-state index is 0.129. The summed E-state index contributed by atoms with van der Waals surface area (Å²) in [6.45, 7) is 1.22. The third kappa shape index (κ3) is 3.88. The van der Waals surface area contributed by atoms with Crippen molar-refractivity contribution >= 4 is 23.3 Å². The van der Waals surface area contributed by atoms with E-state index in [1.807, 2.05) is 0 Å². The van der Waals surface area contributed by atoms with Gasteiger partial charge in [-0.25, -0.2) is 13.6 Å². The first-order chi connectivity index (χ1) is 11.3. The van der Waals surface area contributed by atoms with Crippen molar-refractivity contribution in [3.8, 4) is 5.75 Å². The lowest BCUT2D eigenvalue weighted by molar-refractivity contribution is -0.385. The Morgan fingerprint density at radius 3 is 2.50 bits per heavy atom. The van der Waals surface area contributed by atoms with Crippen LogP contribution in [0.25, 0.3) is 0 Å². The lowest BCUT2D eigenvalue weighted by Gasteiger charge is -2.08. The van der Waals surface area contributed by atoms with Gasteiger partial charge in [-0.15, -0.1) is 0 Å². The predicted molar refractivity (Wildman–Crippen MR) is 78.7 cm³/mol. The van der Waals surface area contributed by atoms with Gasteiger partial charge in [0.15, 0.2) is 0 Å². The van der Waals surface area contributed by atoms with Crippen molar-refractivity contribution < 1.29 is 28.0 Å². The second kappa shape index (κ2) is 6.82. The molecule has 24 heavy (non-hydrogen) atoms. The average Bonchev–Trinajstić information content (AvgIpc) is 2.48. The molecule has 0 saturated carbocycles. The van der Waals surface area contributed by atoms with Crippen LogP contribution in [0.1, 0.15) is 17.3 Å². The minimum atomic E-state index is -1.27. The summed E-state index contributed by atoms with van der Waals surface area (Å²) < 4.78 is 31.7. The zero-order chi connectivity index (χ0) is 17.9. The van der Waals surface area contributed by atoms with E-state index >= 15 is 0 Å². The van der Waals surface area contributed by atoms with E-state index in [0.717, 1.165) is 24.3 Å². The average molecular weight is 336 g/mol. The number of nitrogens with zero attached hydrogens (tertiary/aromatic N) is 1. The predicted octanol–water partition coefficient (Wildman–Crippen LogP) is 3.05. The Labute approximate surface area is 134 Å². The number of rotatable bonds is 4. The number of esters is 1. The lowest BCUT2D eigenvalue weighted by atomic mass is 10.2. The van der Waals surface area contributed by atoms with Gasteiger partial charge in [0.05, 0.1) is 10.5 Å². The molecular weight excluding hydrogens is 326 g/mol. The summed E-state index contributed by atoms with van der Waals surface area (Å²) in [7, 11) is 0. The molecule has 2 rings (SSSR count). The van der Waals surface area contributed by atoms with Gasteiger partial charge in [0.2, 0.25) is 11.7 Å². The highest BCUT2D eigenvalue weighted by atomic mass is 19.1. The third-order valence-electron chi connectivity index (χ3n) is 2.83. The molecule has 9 heteroatoms. The summed E-state index contributed by atoms with van der Waals surface area (Å²) >= 11 is 0. The van der Waals surface area contributed by atoms with Crippen molar-refractivity contribution in [3.63, 3.8) is 0 Å². The van der Waals surface area contributed by atoms with Gasteiger partial charge in [-0.3, -0.25) is 14.9 Å². The molecule has 0 heterocycles. The van der Waals surface area contributed by atoms with E-state index in [4.69, 9.17) is 4.74 Å². The molecule has 0 radical (unpaired) electrons. The fourth-order valence-electron chi connectivity index (χ4n) is 1.84. The highest BCUT2D eigenvalue weighted by Crippen LogP contribution is 2.28. The number of hydrogen-bond donors (Lipinski definition) is 1. The Bertz CT molecular complexity index is 839. The molecule has 0 atom stereocenters. The van der Waals surface area contributed by atoms with Gasteiger partial charge in [-0.2, -0.15) is 0 Å². The van der Waals surface area contributed by atoms with Crippen molar-refractivity contribution in [2.45, 2.75) is 6.92 Å². The number of nitro benzene ring substituents is 1. The van der Waals surface area contributed by atoms with Crippen molar-refractivity contribution in [1.29, 1.82) is 0 Å². The minimum Gasteiger partial charge on any atom is -0.415 e. The number of halogens is 2. The molecule has 0 bridgehead atoms. The van der Waals surface area contributed by atoms with Crippen LogP contribution in [0, 0.1) is 21.7 Å². The first-order valence-corrected chi connectivity index (χ1v) is 6.51. The molecule has 1 N–H and O–H groups in total. The standard InChI is InChI=1S/C15H10F2N2O5/c1-8(20)18-10-3-4-12(17)11(7-10)15(21)24-14-6-9(16)2-5-13(14)19(22)23/h2-7H,1H3,(H,18,20). The molecule has 0 spiro atoms. The van der Waals surface area contributed by atoms with Crippen molar-refractivity contribution in [1.82, 2.24) is 0 Å². The maximum Gasteiger partial charge on any atom is 0.346 e. The molecule has 124 valence electrons. The van der Waals surface area contributed by atoms with Gasteiger partial charge < -0.3 is 10.1 Å². The van der Waals surface area contributed by atoms with E-state index in [-0.39, 0.29) is 5.69 Å². The number of nitro groups is 1. The van der Waals surface area contributed by atoms with Crippen LogP contribution in [0.3, 0.4) is 0 Å². The van der Waals surface area contributed by atoms with E-state index in [1.54, 1.807) is 0 Å². The van der Waals surface area contributed by atoms with Crippen LogP contribution in [0.4, 0.5) is 20.2 Å². The van der Waals surface area contributed by atoms with Gasteiger partial charge in [0.25, 0.3) is 0 Å². The molecule has 0 fully saturated rings. The van der Waals surface area contributed by atoms with Crippen molar-refractivity contribution in [2.75, 3.05) is 5.32 Å². The number of carbonyl (C=O) groups excluding carboxylic acids is 2. The topological polar surface area (TPSA) is 98.5 Å². The number of ether oxygens (including phenoxy) is 1. The number of nitrogens with one attached hydrogen (secondary N) is 1. The fraction of sp³-hybridized carbons (Fsp3) is 0.0667. The maximum atomic E-state index is 13.8. The van der Waals surface area contributed by atoms with E-state index in [9.17, 15) is 28.5 Å². The highest BCUT2D eigenvalue weighted by molar-refractivity contribution is 5.95. The van der Waals surface area contributed by atoms with Crippen LogP contribution < -0.4 is 10.1 Å². The molecule has 0 aliphatic rings. The molecule has 0 unspecified atom stereocenters. The first kappa shape index (κ1) is 17.0. The summed E-state index contributed by atoms with van der Waals surface area (Å²) in [5.41, 5.74) is -1.09. The molecule has 1 amide bonds. The van der Waals surface area contributed by atoms with Gasteiger partial charge in [0, 0.05) is 24.7 Å². The van der Waals surface area contributed by atoms with Gasteiger partial charge in [0.1, 0.15) is 11.6 Å². The van der Waals surface area contributed by atoms with Crippen LogP contribution in [-0.2, 0) is 4.79 Å². The zero-order valence-electron chi connectivity index (χ0n) is 12.2. The first-order valence-electron chi connectivity index (χ1n) is 6.51. The molecule has 0 aliphatic heterocycles. The van der Waals surface area contributed by atoms with E-state index < -0.39 is 45.4 Å². The second-order valence-electron chi connectivity index (χ2n) is 4.63. The number of anilines is 1. The largest absolute Gasteiger partial charge is 0.415 e. The molecule has 0 aliphatic carbocycles. The number of hydrogen-bond acceptors (Lipinski definition) is 5. The number of benzene rings is 2. The highest BCUT2D eigenvalue weighted by Gasteiger charge is 2.22. The molecule has 0 aromatic heterocycles. The zero-order valence-corrected chi connectivity index (χ0v) is 12.2. The molecule has 2 aromatic carbocycles. The molecule has 2 aromatic rings. The van der Waals surface area contributed by atoms with Crippen LogP contribution >= 0.6 is 0 Å². The fourth-order valence-corrected chi connectivity index (χ4v) is 1.84. The maximum absolute atomic E-state index is 13.8. The Hall–Kier alpha value is -3.36. The van der Waals surface area contributed by atoms with Gasteiger partial charge in [-0.1, -0.05) is 0 Å². The number of amides is 1. The second-order valence-corrected chi connectivity index (χ2v) is 4.63. The Morgan fingerprint density at radius 2 is 1.88 bits per heavy atom. The van der Waals surface area contributed by atoms with Crippen molar-refractivity contribution in [3.05, 3.63) is 63.7 Å². The lowest BCUT2D eigenvalue weighted by Crippen LogP contribution is -2.13. The number of carbonyl (C=O) groups is 2. The Kier molecular flexibility index (Phi) is 4.83. The van der Waals surface area contributed by atoms with Gasteiger partial charge >= 0.3 is 11.7 Å². The quantitative estimate of drug-likeness (QED) is 0.400. The molecule has 0 saturated heterocycles. The van der Waals surface area contributed by atoms with Crippen LogP contribution in [-0.4, -0.2) is 16.8 Å². The summed E-state index contributed by atoms with van der Waals surface area (Å²) in [5, 5.41) is 13.2. The van der Waals surface area contributed by atoms with E-state index in [2.05, 4.69) is 5.32 Å². The SMILES string of the molecule is CC(=O)Nc1ccc(F)c(C(=O)Oc2cc(F)ccc2[N+](=O)[O-])c1. The van der Waals surface area contributed by atoms with Crippen LogP contribution in [0.15, 0.2) is 36.4 Å². The van der Waals surface area contributed by atoms with Crippen LogP contribution in [0.5, 0.6) is 5.75 Å². The van der Waals surface area contributed by atoms with Gasteiger partial charge in [-0.05, 0) is 24.3 Å².